The van der Waals surface area contributed by atoms with E-state index in [9.17, 15) is 19.3 Å². The fourth-order valence-electron chi connectivity index (χ4n) is 2.89. The Morgan fingerprint density at radius 3 is 2.28 bits per heavy atom. The van der Waals surface area contributed by atoms with Gasteiger partial charge in [0.15, 0.2) is 0 Å². The number of carbonyl (C=O) groups is 1. The molecule has 1 amide bonds. The van der Waals surface area contributed by atoms with Gasteiger partial charge in [0.2, 0.25) is 5.91 Å². The van der Waals surface area contributed by atoms with Crippen molar-refractivity contribution in [3.05, 3.63) is 118 Å². The van der Waals surface area contributed by atoms with Gasteiger partial charge in [-0.25, -0.2) is 4.39 Å². The number of benzene rings is 3. The number of nitrogens with zero attached hydrogens (tertiary/aromatic N) is 2. The van der Waals surface area contributed by atoms with Crippen LogP contribution in [0, 0.1) is 15.9 Å². The molecule has 0 N–H and O–H groups in total. The van der Waals surface area contributed by atoms with E-state index in [1.165, 1.54) is 29.2 Å². The van der Waals surface area contributed by atoms with Crippen molar-refractivity contribution in [3.8, 4) is 0 Å². The maximum Gasteiger partial charge on any atom is 0.274 e. The van der Waals surface area contributed by atoms with Gasteiger partial charge in [0.05, 0.1) is 11.5 Å². The fraction of sp³-hybridized carbons (Fsp3) is 0.0870. The maximum atomic E-state index is 13.0. The normalized spacial score (nSPS) is 10.8. The van der Waals surface area contributed by atoms with E-state index in [2.05, 4.69) is 0 Å². The molecule has 0 aliphatic carbocycles. The summed E-state index contributed by atoms with van der Waals surface area (Å²) in [5, 5.41) is 11.3. The third kappa shape index (κ3) is 5.59. The summed E-state index contributed by atoms with van der Waals surface area (Å²) in [6.45, 7) is 0.401. The van der Waals surface area contributed by atoms with Gasteiger partial charge in [0, 0.05) is 24.3 Å². The molecule has 0 saturated carbocycles. The van der Waals surface area contributed by atoms with Crippen LogP contribution in [0.5, 0.6) is 0 Å². The Hall–Kier alpha value is -3.80. The number of amides is 1. The average molecular weight is 390 g/mol. The molecule has 3 rings (SSSR count). The van der Waals surface area contributed by atoms with Crippen molar-refractivity contribution >= 4 is 17.7 Å². The molecule has 0 bridgehead atoms. The number of hydrogen-bond donors (Lipinski definition) is 0. The van der Waals surface area contributed by atoms with E-state index in [0.29, 0.717) is 17.7 Å². The Morgan fingerprint density at radius 1 is 0.931 bits per heavy atom. The number of halogens is 1. The van der Waals surface area contributed by atoms with Gasteiger partial charge in [0.25, 0.3) is 5.69 Å². The molecule has 3 aromatic rings. The molecule has 0 fully saturated rings. The van der Waals surface area contributed by atoms with Crippen molar-refractivity contribution in [3.63, 3.8) is 0 Å². The van der Waals surface area contributed by atoms with Crippen LogP contribution in [0.15, 0.2) is 84.9 Å². The molecule has 0 aliphatic rings. The molecule has 6 heteroatoms. The first-order valence-electron chi connectivity index (χ1n) is 9.02. The first-order valence-corrected chi connectivity index (χ1v) is 9.02. The molecular formula is C23H19FN2O3. The van der Waals surface area contributed by atoms with Gasteiger partial charge in [-0.15, -0.1) is 0 Å². The van der Waals surface area contributed by atoms with E-state index >= 15 is 0 Å². The summed E-state index contributed by atoms with van der Waals surface area (Å²) >= 11 is 0. The van der Waals surface area contributed by atoms with Crippen LogP contribution in [-0.2, 0) is 17.9 Å². The summed E-state index contributed by atoms with van der Waals surface area (Å²) in [5.74, 6) is -0.646. The molecular weight excluding hydrogens is 371 g/mol. The van der Waals surface area contributed by atoms with Crippen molar-refractivity contribution in [2.75, 3.05) is 0 Å². The lowest BCUT2D eigenvalue weighted by molar-refractivity contribution is -0.385. The summed E-state index contributed by atoms with van der Waals surface area (Å²) < 4.78 is 13.0. The molecule has 0 radical (unpaired) electrons. The topological polar surface area (TPSA) is 63.5 Å². The second-order valence-corrected chi connectivity index (χ2v) is 6.45. The predicted octanol–water partition coefficient (Wildman–Crippen LogP) is 4.98. The lowest BCUT2D eigenvalue weighted by atomic mass is 10.1. The minimum absolute atomic E-state index is 0.0270. The Balaban J connectivity index is 1.85. The molecule has 29 heavy (non-hydrogen) atoms. The van der Waals surface area contributed by atoms with Crippen molar-refractivity contribution < 1.29 is 14.1 Å². The van der Waals surface area contributed by atoms with Crippen LogP contribution in [0.25, 0.3) is 6.08 Å². The standard InChI is InChI=1S/C23H19FN2O3/c24-21-13-10-18(11-14-21)12-15-23(27)25(16-19-6-2-1-3-7-19)17-20-8-4-5-9-22(20)26(28)29/h1-15H,16-17H2/b15-12+. The van der Waals surface area contributed by atoms with Crippen LogP contribution in [0.1, 0.15) is 16.7 Å². The number of para-hydroxylation sites is 1. The predicted molar refractivity (Wildman–Crippen MR) is 109 cm³/mol. The number of rotatable bonds is 7. The average Bonchev–Trinajstić information content (AvgIpc) is 2.73. The van der Waals surface area contributed by atoms with Gasteiger partial charge in [-0.1, -0.05) is 60.7 Å². The number of nitro benzene ring substituents is 1. The highest BCUT2D eigenvalue weighted by atomic mass is 19.1. The van der Waals surface area contributed by atoms with E-state index in [1.807, 2.05) is 30.3 Å². The van der Waals surface area contributed by atoms with Crippen LogP contribution in [-0.4, -0.2) is 15.7 Å². The van der Waals surface area contributed by atoms with E-state index in [-0.39, 0.29) is 24.0 Å². The number of carbonyl (C=O) groups excluding carboxylic acids is 1. The molecule has 5 nitrogen and oxygen atoms in total. The minimum atomic E-state index is -0.450. The monoisotopic (exact) mass is 390 g/mol. The molecule has 0 unspecified atom stereocenters. The van der Waals surface area contributed by atoms with Gasteiger partial charge in [-0.05, 0) is 29.3 Å². The van der Waals surface area contributed by atoms with Gasteiger partial charge in [-0.3, -0.25) is 14.9 Å². The van der Waals surface area contributed by atoms with Crippen LogP contribution in [0.4, 0.5) is 10.1 Å². The number of hydrogen-bond acceptors (Lipinski definition) is 3. The van der Waals surface area contributed by atoms with Crippen LogP contribution < -0.4 is 0 Å². The first-order chi connectivity index (χ1) is 14.0. The zero-order valence-electron chi connectivity index (χ0n) is 15.6. The van der Waals surface area contributed by atoms with Gasteiger partial charge >= 0.3 is 0 Å². The highest BCUT2D eigenvalue weighted by molar-refractivity contribution is 5.91. The van der Waals surface area contributed by atoms with Gasteiger partial charge in [0.1, 0.15) is 5.82 Å². The number of nitro groups is 1. The second-order valence-electron chi connectivity index (χ2n) is 6.45. The summed E-state index contributed by atoms with van der Waals surface area (Å²) in [6.07, 6.45) is 2.99. The molecule has 0 aliphatic heterocycles. The molecule has 146 valence electrons. The summed E-state index contributed by atoms with van der Waals surface area (Å²) in [5.41, 5.74) is 2.03. The van der Waals surface area contributed by atoms with Crippen LogP contribution in [0.3, 0.4) is 0 Å². The highest BCUT2D eigenvalue weighted by Crippen LogP contribution is 2.21. The van der Waals surface area contributed by atoms with Crippen LogP contribution >= 0.6 is 0 Å². The molecule has 0 heterocycles. The Kier molecular flexibility index (Phi) is 6.47. The highest BCUT2D eigenvalue weighted by Gasteiger charge is 2.18. The second kappa shape index (κ2) is 9.41. The molecule has 0 spiro atoms. The summed E-state index contributed by atoms with van der Waals surface area (Å²) in [6, 6.07) is 21.6. The smallest absolute Gasteiger partial charge is 0.274 e. The molecule has 0 atom stereocenters. The Labute approximate surface area is 167 Å². The van der Waals surface area contributed by atoms with E-state index < -0.39 is 4.92 Å². The van der Waals surface area contributed by atoms with Crippen molar-refractivity contribution in [1.29, 1.82) is 0 Å². The van der Waals surface area contributed by atoms with Crippen molar-refractivity contribution in [1.82, 2.24) is 4.90 Å². The maximum absolute atomic E-state index is 13.0. The van der Waals surface area contributed by atoms with E-state index in [4.69, 9.17) is 0 Å². The van der Waals surface area contributed by atoms with Gasteiger partial charge in [-0.2, -0.15) is 0 Å². The lowest BCUT2D eigenvalue weighted by Crippen LogP contribution is -2.28. The van der Waals surface area contributed by atoms with Crippen molar-refractivity contribution in [2.45, 2.75) is 13.1 Å². The SMILES string of the molecule is O=C(/C=C/c1ccc(F)cc1)N(Cc1ccccc1)Cc1ccccc1[N+](=O)[O-]. The first kappa shape index (κ1) is 19.9. The largest absolute Gasteiger partial charge is 0.330 e. The quantitative estimate of drug-likeness (QED) is 0.325. The zero-order valence-corrected chi connectivity index (χ0v) is 15.6. The fourth-order valence-corrected chi connectivity index (χ4v) is 2.89. The molecule has 0 saturated heterocycles. The van der Waals surface area contributed by atoms with E-state index in [0.717, 1.165) is 5.56 Å². The molecule has 0 aromatic heterocycles. The third-order valence-electron chi connectivity index (χ3n) is 4.37. The van der Waals surface area contributed by atoms with Crippen LogP contribution in [0.2, 0.25) is 0 Å². The zero-order chi connectivity index (χ0) is 20.6. The third-order valence-corrected chi connectivity index (χ3v) is 4.37. The Bertz CT molecular complexity index is 1020. The molecule has 3 aromatic carbocycles. The van der Waals surface area contributed by atoms with Gasteiger partial charge < -0.3 is 4.90 Å². The lowest BCUT2D eigenvalue weighted by Gasteiger charge is -2.21. The van der Waals surface area contributed by atoms with Crippen molar-refractivity contribution in [2.24, 2.45) is 0 Å². The van der Waals surface area contributed by atoms with E-state index in [1.54, 1.807) is 36.4 Å². The summed E-state index contributed by atoms with van der Waals surface area (Å²) in [4.78, 5) is 25.3. The Morgan fingerprint density at radius 2 is 1.59 bits per heavy atom. The minimum Gasteiger partial charge on any atom is -0.330 e. The summed E-state index contributed by atoms with van der Waals surface area (Å²) in [7, 11) is 0.